The number of aromatic nitrogens is 3. The molecule has 3 aromatic rings. The van der Waals surface area contributed by atoms with E-state index in [1.165, 1.54) is 0 Å². The van der Waals surface area contributed by atoms with Crippen LogP contribution in [-0.4, -0.2) is 47.7 Å². The lowest BCUT2D eigenvalue weighted by atomic mass is 10.1. The van der Waals surface area contributed by atoms with Gasteiger partial charge in [0.15, 0.2) is 0 Å². The Bertz CT molecular complexity index is 889. The molecule has 0 saturated heterocycles. The van der Waals surface area contributed by atoms with Crippen molar-refractivity contribution in [1.82, 2.24) is 14.8 Å². The minimum Gasteiger partial charge on any atom is -0.395 e. The summed E-state index contributed by atoms with van der Waals surface area (Å²) in [7, 11) is -1.10. The average molecular weight is 385 g/mol. The molecular formula is C20H28N4O2Si. The number of fused-ring (bicyclic) bond motifs is 1. The average Bonchev–Trinajstić information content (AvgIpc) is 3.02. The summed E-state index contributed by atoms with van der Waals surface area (Å²) in [5.41, 5.74) is 2.96. The highest BCUT2D eigenvalue weighted by atomic mass is 28.3. The van der Waals surface area contributed by atoms with Crippen molar-refractivity contribution in [3.63, 3.8) is 0 Å². The molecule has 0 spiro atoms. The molecule has 3 rings (SSSR count). The van der Waals surface area contributed by atoms with Crippen LogP contribution in [0.15, 0.2) is 42.6 Å². The Morgan fingerprint density at radius 3 is 2.78 bits per heavy atom. The second-order valence-corrected chi connectivity index (χ2v) is 13.4. The van der Waals surface area contributed by atoms with Crippen LogP contribution < -0.4 is 5.32 Å². The Balaban J connectivity index is 1.84. The summed E-state index contributed by atoms with van der Waals surface area (Å²) < 4.78 is 7.84. The predicted octanol–water partition coefficient (Wildman–Crippen LogP) is 3.81. The molecule has 0 amide bonds. The van der Waals surface area contributed by atoms with E-state index in [0.29, 0.717) is 13.3 Å². The van der Waals surface area contributed by atoms with Gasteiger partial charge in [0.05, 0.1) is 12.1 Å². The fourth-order valence-corrected chi connectivity index (χ4v) is 3.58. The number of benzene rings is 1. The molecule has 0 aliphatic heterocycles. The molecule has 2 N–H and O–H groups in total. The molecular weight excluding hydrogens is 356 g/mol. The van der Waals surface area contributed by atoms with Crippen molar-refractivity contribution >= 4 is 24.8 Å². The normalized spacial score (nSPS) is 11.9. The summed E-state index contributed by atoms with van der Waals surface area (Å²) in [6, 6.07) is 13.2. The topological polar surface area (TPSA) is 72.2 Å². The van der Waals surface area contributed by atoms with Crippen LogP contribution in [-0.2, 0) is 11.5 Å². The number of hydrogen-bond donors (Lipinski definition) is 2. The fraction of sp³-hybridized carbons (Fsp3) is 0.400. The summed E-state index contributed by atoms with van der Waals surface area (Å²) in [6.07, 6.45) is 1.76. The number of rotatable bonds is 9. The summed E-state index contributed by atoms with van der Waals surface area (Å²) in [5, 5.41) is 18.0. The van der Waals surface area contributed by atoms with Crippen LogP contribution in [0.3, 0.4) is 0 Å². The van der Waals surface area contributed by atoms with Crippen LogP contribution in [0.25, 0.3) is 22.2 Å². The van der Waals surface area contributed by atoms with Gasteiger partial charge < -0.3 is 15.2 Å². The third kappa shape index (κ3) is 5.15. The van der Waals surface area contributed by atoms with Gasteiger partial charge in [-0.25, -0.2) is 9.67 Å². The Morgan fingerprint density at radius 1 is 1.19 bits per heavy atom. The van der Waals surface area contributed by atoms with Crippen LogP contribution in [0, 0.1) is 0 Å². The van der Waals surface area contributed by atoms with Crippen molar-refractivity contribution in [3.05, 3.63) is 42.6 Å². The number of anilines is 1. The molecule has 2 heterocycles. The Labute approximate surface area is 161 Å². The maximum Gasteiger partial charge on any atom is 0.140 e. The number of nitrogens with zero attached hydrogens (tertiary/aromatic N) is 3. The van der Waals surface area contributed by atoms with Crippen molar-refractivity contribution in [1.29, 1.82) is 0 Å². The Kier molecular flexibility index (Phi) is 6.25. The monoisotopic (exact) mass is 384 g/mol. The van der Waals surface area contributed by atoms with Gasteiger partial charge in [-0.05, 0) is 24.2 Å². The largest absolute Gasteiger partial charge is 0.395 e. The first-order valence-electron chi connectivity index (χ1n) is 9.32. The zero-order valence-corrected chi connectivity index (χ0v) is 17.3. The zero-order valence-electron chi connectivity index (χ0n) is 16.3. The second kappa shape index (κ2) is 8.64. The minimum atomic E-state index is -1.10. The van der Waals surface area contributed by atoms with Crippen molar-refractivity contribution in [2.45, 2.75) is 32.4 Å². The van der Waals surface area contributed by atoms with Gasteiger partial charge >= 0.3 is 0 Å². The highest BCUT2D eigenvalue weighted by Gasteiger charge is 2.14. The number of aliphatic hydroxyl groups excluding tert-OH is 1. The molecule has 0 aliphatic rings. The summed E-state index contributed by atoms with van der Waals surface area (Å²) in [5.74, 6) is 0.728. The molecule has 1 aromatic carbocycles. The quantitative estimate of drug-likeness (QED) is 0.433. The number of para-hydroxylation sites is 1. The lowest BCUT2D eigenvalue weighted by Crippen LogP contribution is -2.22. The highest BCUT2D eigenvalue weighted by molar-refractivity contribution is 6.76. The summed E-state index contributed by atoms with van der Waals surface area (Å²) in [6.45, 7) is 8.81. The van der Waals surface area contributed by atoms with E-state index in [2.05, 4.69) is 42.1 Å². The first kappa shape index (κ1) is 19.5. The molecule has 0 unspecified atom stereocenters. The lowest BCUT2D eigenvalue weighted by Gasteiger charge is -2.15. The van der Waals surface area contributed by atoms with Gasteiger partial charge in [-0.15, -0.1) is 0 Å². The van der Waals surface area contributed by atoms with Crippen molar-refractivity contribution in [3.8, 4) is 11.3 Å². The Hall–Kier alpha value is -2.22. The van der Waals surface area contributed by atoms with Crippen LogP contribution in [0.2, 0.25) is 25.7 Å². The first-order valence-corrected chi connectivity index (χ1v) is 13.0. The molecule has 27 heavy (non-hydrogen) atoms. The van der Waals surface area contributed by atoms with Crippen molar-refractivity contribution < 1.29 is 9.84 Å². The molecule has 0 atom stereocenters. The van der Waals surface area contributed by atoms with E-state index in [9.17, 15) is 0 Å². The minimum absolute atomic E-state index is 0.0677. The standard InChI is InChI=1S/C20H28N4O2Si/c1-27(2,3)13-12-26-15-24-18-7-5-4-6-17(18)20(23-24)16-8-9-21-19(14-16)22-10-11-25/h4-9,14,25H,10-13,15H2,1-3H3,(H,21,22). The van der Waals surface area contributed by atoms with Gasteiger partial charge in [0, 0.05) is 38.4 Å². The summed E-state index contributed by atoms with van der Waals surface area (Å²) >= 11 is 0. The lowest BCUT2D eigenvalue weighted by molar-refractivity contribution is 0.0818. The molecule has 7 heteroatoms. The van der Waals surface area contributed by atoms with Gasteiger partial charge in [0.2, 0.25) is 0 Å². The Morgan fingerprint density at radius 2 is 2.00 bits per heavy atom. The van der Waals surface area contributed by atoms with E-state index in [1.807, 2.05) is 28.9 Å². The van der Waals surface area contributed by atoms with Crippen LogP contribution in [0.5, 0.6) is 0 Å². The van der Waals surface area contributed by atoms with E-state index in [0.717, 1.165) is 40.6 Å². The number of ether oxygens (including phenoxy) is 1. The van der Waals surface area contributed by atoms with Crippen LogP contribution >= 0.6 is 0 Å². The van der Waals surface area contributed by atoms with Gasteiger partial charge in [0.1, 0.15) is 18.2 Å². The third-order valence-corrected chi connectivity index (χ3v) is 6.02. The van der Waals surface area contributed by atoms with Gasteiger partial charge in [-0.2, -0.15) is 5.10 Å². The van der Waals surface area contributed by atoms with E-state index in [1.54, 1.807) is 6.20 Å². The predicted molar refractivity (Wildman–Crippen MR) is 113 cm³/mol. The first-order chi connectivity index (χ1) is 13.0. The van der Waals surface area contributed by atoms with E-state index >= 15 is 0 Å². The molecule has 0 fully saturated rings. The van der Waals surface area contributed by atoms with Crippen LogP contribution in [0.4, 0.5) is 5.82 Å². The number of hydrogen-bond acceptors (Lipinski definition) is 5. The second-order valence-electron chi connectivity index (χ2n) is 7.79. The highest BCUT2D eigenvalue weighted by Crippen LogP contribution is 2.28. The van der Waals surface area contributed by atoms with Crippen molar-refractivity contribution in [2.24, 2.45) is 0 Å². The molecule has 0 saturated carbocycles. The van der Waals surface area contributed by atoms with Gasteiger partial charge in [-0.3, -0.25) is 0 Å². The number of pyridine rings is 1. The maximum absolute atomic E-state index is 8.99. The van der Waals surface area contributed by atoms with E-state index < -0.39 is 8.07 Å². The van der Waals surface area contributed by atoms with Crippen LogP contribution in [0.1, 0.15) is 0 Å². The maximum atomic E-state index is 8.99. The zero-order chi connectivity index (χ0) is 19.3. The fourth-order valence-electron chi connectivity index (χ4n) is 2.83. The SMILES string of the molecule is C[Si](C)(C)CCOCn1nc(-c2ccnc(NCCO)c2)c2ccccc21. The smallest absolute Gasteiger partial charge is 0.140 e. The summed E-state index contributed by atoms with van der Waals surface area (Å²) in [4.78, 5) is 4.30. The molecule has 0 bridgehead atoms. The third-order valence-electron chi connectivity index (χ3n) is 4.32. The molecule has 144 valence electrons. The number of nitrogens with one attached hydrogen (secondary N) is 1. The van der Waals surface area contributed by atoms with E-state index in [-0.39, 0.29) is 6.61 Å². The molecule has 0 radical (unpaired) electrons. The molecule has 6 nitrogen and oxygen atoms in total. The molecule has 2 aromatic heterocycles. The number of aliphatic hydroxyl groups is 1. The van der Waals surface area contributed by atoms with Gasteiger partial charge in [0.25, 0.3) is 0 Å². The van der Waals surface area contributed by atoms with Crippen molar-refractivity contribution in [2.75, 3.05) is 25.1 Å². The van der Waals surface area contributed by atoms with Gasteiger partial charge in [-0.1, -0.05) is 37.8 Å². The van der Waals surface area contributed by atoms with E-state index in [4.69, 9.17) is 14.9 Å². The molecule has 0 aliphatic carbocycles.